The minimum atomic E-state index is 0.107. The van der Waals surface area contributed by atoms with Crippen molar-refractivity contribution < 1.29 is 14.2 Å². The van der Waals surface area contributed by atoms with Gasteiger partial charge in [-0.2, -0.15) is 0 Å². The Morgan fingerprint density at radius 3 is 2.60 bits per heavy atom. The second-order valence-electron chi connectivity index (χ2n) is 11.9. The summed E-state index contributed by atoms with van der Waals surface area (Å²) in [4.78, 5) is 2.47. The molecular weight excluding hydrogens is 494 g/mol. The number of ether oxygens (including phenoxy) is 3. The van der Waals surface area contributed by atoms with Gasteiger partial charge in [0.2, 0.25) is 0 Å². The molecule has 1 aliphatic carbocycles. The topological polar surface area (TPSA) is 30.9 Å². The maximum atomic E-state index is 6.62. The van der Waals surface area contributed by atoms with Gasteiger partial charge in [-0.1, -0.05) is 74.9 Å². The molecule has 0 spiro atoms. The fourth-order valence-corrected chi connectivity index (χ4v) is 6.37. The van der Waals surface area contributed by atoms with Gasteiger partial charge in [0.25, 0.3) is 0 Å². The van der Waals surface area contributed by atoms with Gasteiger partial charge in [0.15, 0.2) is 0 Å². The highest BCUT2D eigenvalue weighted by molar-refractivity contribution is 5.62. The van der Waals surface area contributed by atoms with Crippen molar-refractivity contribution >= 4 is 5.69 Å². The Bertz CT molecular complexity index is 1250. The van der Waals surface area contributed by atoms with Crippen molar-refractivity contribution in [1.29, 1.82) is 0 Å². The molecule has 0 unspecified atom stereocenters. The highest BCUT2D eigenvalue weighted by Crippen LogP contribution is 2.44. The summed E-state index contributed by atoms with van der Waals surface area (Å²) in [7, 11) is 0. The first kappa shape index (κ1) is 27.4. The quantitative estimate of drug-likeness (QED) is 0.229. The first-order chi connectivity index (χ1) is 19.7. The predicted molar refractivity (Wildman–Crippen MR) is 162 cm³/mol. The maximum Gasteiger partial charge on any atom is 0.142 e. The van der Waals surface area contributed by atoms with Crippen LogP contribution in [0.3, 0.4) is 0 Å². The second-order valence-corrected chi connectivity index (χ2v) is 11.9. The van der Waals surface area contributed by atoms with Crippen LogP contribution in [-0.4, -0.2) is 32.0 Å². The molecule has 0 radical (unpaired) electrons. The van der Waals surface area contributed by atoms with E-state index >= 15 is 0 Å². The normalized spacial score (nSPS) is 22.6. The molecule has 2 aliphatic heterocycles. The average molecular weight is 540 g/mol. The molecule has 212 valence electrons. The monoisotopic (exact) mass is 539 g/mol. The fourth-order valence-electron chi connectivity index (χ4n) is 6.37. The lowest BCUT2D eigenvalue weighted by Crippen LogP contribution is -2.33. The van der Waals surface area contributed by atoms with E-state index in [4.69, 9.17) is 14.2 Å². The third-order valence-electron chi connectivity index (χ3n) is 8.82. The number of benzene rings is 3. The summed E-state index contributed by atoms with van der Waals surface area (Å²) in [6.07, 6.45) is 9.53. The standard InChI is InChI=1S/C36H45NO3/c1-3-5-18-38-32-23-31(4-2)40-36(24-32)29-14-15-33(28-12-13-28)30(22-29)20-27-11-16-35-34(21-27)37(17-19-39-35)25-26-9-7-6-8-10-26/h6-11,14-16,21-22,28,31-32,36H,3-5,12-13,17-20,23-25H2,1-2H3/t31-,32+,36-/m1/s1. The Morgan fingerprint density at radius 2 is 1.80 bits per heavy atom. The number of unbranched alkanes of at least 4 members (excludes halogenated alkanes) is 1. The van der Waals surface area contributed by atoms with Crippen molar-refractivity contribution in [2.45, 2.75) is 96.0 Å². The van der Waals surface area contributed by atoms with E-state index in [2.05, 4.69) is 85.5 Å². The number of fused-ring (bicyclic) bond motifs is 1. The number of hydrogen-bond donors (Lipinski definition) is 0. The summed E-state index contributed by atoms with van der Waals surface area (Å²) in [5, 5.41) is 0. The van der Waals surface area contributed by atoms with Crippen LogP contribution in [0.1, 0.15) is 98.6 Å². The molecule has 2 fully saturated rings. The average Bonchev–Trinajstić information content (AvgIpc) is 3.84. The maximum absolute atomic E-state index is 6.62. The van der Waals surface area contributed by atoms with Crippen LogP contribution in [0, 0.1) is 0 Å². The second kappa shape index (κ2) is 12.8. The van der Waals surface area contributed by atoms with Crippen LogP contribution in [0.2, 0.25) is 0 Å². The molecule has 3 aromatic rings. The van der Waals surface area contributed by atoms with Crippen molar-refractivity contribution in [3.63, 3.8) is 0 Å². The summed E-state index contributed by atoms with van der Waals surface area (Å²) >= 11 is 0. The van der Waals surface area contributed by atoms with E-state index in [0.29, 0.717) is 5.92 Å². The van der Waals surface area contributed by atoms with Crippen LogP contribution in [0.15, 0.2) is 66.7 Å². The van der Waals surface area contributed by atoms with Crippen LogP contribution >= 0.6 is 0 Å². The van der Waals surface area contributed by atoms with Crippen molar-refractivity contribution in [2.75, 3.05) is 24.7 Å². The zero-order valence-corrected chi connectivity index (χ0v) is 24.3. The zero-order valence-electron chi connectivity index (χ0n) is 24.3. The van der Waals surface area contributed by atoms with E-state index in [-0.39, 0.29) is 18.3 Å². The lowest BCUT2D eigenvalue weighted by molar-refractivity contribution is -0.118. The molecule has 2 heterocycles. The molecule has 6 rings (SSSR count). The molecule has 40 heavy (non-hydrogen) atoms. The van der Waals surface area contributed by atoms with Gasteiger partial charge in [0.1, 0.15) is 12.4 Å². The summed E-state index contributed by atoms with van der Waals surface area (Å²) in [5.41, 5.74) is 8.19. The highest BCUT2D eigenvalue weighted by atomic mass is 16.5. The zero-order chi connectivity index (χ0) is 27.3. The predicted octanol–water partition coefficient (Wildman–Crippen LogP) is 8.37. The Hall–Kier alpha value is -2.82. The molecule has 1 saturated carbocycles. The molecule has 0 N–H and O–H groups in total. The van der Waals surface area contributed by atoms with Gasteiger partial charge in [0.05, 0.1) is 30.5 Å². The first-order valence-electron chi connectivity index (χ1n) is 15.6. The van der Waals surface area contributed by atoms with Gasteiger partial charge in [-0.15, -0.1) is 0 Å². The van der Waals surface area contributed by atoms with Crippen molar-refractivity contribution in [3.8, 4) is 5.75 Å². The van der Waals surface area contributed by atoms with E-state index in [1.165, 1.54) is 52.8 Å². The SMILES string of the molecule is CCCCO[C@H]1C[C@@H](CC)O[C@@H](c2ccc(C3CC3)c(Cc3ccc4c(c3)N(Cc3ccccc3)CCO4)c2)C1. The summed E-state index contributed by atoms with van der Waals surface area (Å²) in [5.74, 6) is 1.71. The third kappa shape index (κ3) is 6.56. The summed E-state index contributed by atoms with van der Waals surface area (Å²) in [6.45, 7) is 7.87. The Labute approximate surface area is 240 Å². The molecule has 3 aromatic carbocycles. The van der Waals surface area contributed by atoms with Gasteiger partial charge in [-0.25, -0.2) is 0 Å². The molecule has 1 saturated heterocycles. The van der Waals surface area contributed by atoms with Crippen LogP contribution in [0.25, 0.3) is 0 Å². The molecular formula is C36H45NO3. The first-order valence-corrected chi connectivity index (χ1v) is 15.6. The van der Waals surface area contributed by atoms with Crippen LogP contribution in [0.5, 0.6) is 5.75 Å². The minimum absolute atomic E-state index is 0.107. The molecule has 0 amide bonds. The van der Waals surface area contributed by atoms with E-state index in [1.54, 1.807) is 0 Å². The van der Waals surface area contributed by atoms with Gasteiger partial charge in [0, 0.05) is 19.6 Å². The van der Waals surface area contributed by atoms with Gasteiger partial charge < -0.3 is 19.1 Å². The number of anilines is 1. The van der Waals surface area contributed by atoms with E-state index in [1.807, 2.05) is 0 Å². The van der Waals surface area contributed by atoms with Gasteiger partial charge in [-0.05, 0) is 84.4 Å². The molecule has 0 bridgehead atoms. The van der Waals surface area contributed by atoms with Crippen molar-refractivity contribution in [2.24, 2.45) is 0 Å². The number of nitrogens with zero attached hydrogens (tertiary/aromatic N) is 1. The van der Waals surface area contributed by atoms with Crippen molar-refractivity contribution in [3.05, 3.63) is 94.5 Å². The fraction of sp³-hybridized carbons (Fsp3) is 0.500. The van der Waals surface area contributed by atoms with E-state index in [0.717, 1.165) is 64.2 Å². The Kier molecular flexibility index (Phi) is 8.74. The molecule has 3 aliphatic rings. The minimum Gasteiger partial charge on any atom is -0.490 e. The largest absolute Gasteiger partial charge is 0.490 e. The molecule has 3 atom stereocenters. The number of rotatable bonds is 11. The van der Waals surface area contributed by atoms with Gasteiger partial charge in [-0.3, -0.25) is 0 Å². The van der Waals surface area contributed by atoms with E-state index in [9.17, 15) is 0 Å². The lowest BCUT2D eigenvalue weighted by atomic mass is 9.90. The van der Waals surface area contributed by atoms with Gasteiger partial charge >= 0.3 is 0 Å². The molecule has 4 heteroatoms. The number of hydrogen-bond acceptors (Lipinski definition) is 4. The summed E-state index contributed by atoms with van der Waals surface area (Å²) in [6, 6.07) is 24.7. The van der Waals surface area contributed by atoms with E-state index < -0.39 is 0 Å². The smallest absolute Gasteiger partial charge is 0.142 e. The Balaban J connectivity index is 1.24. The van der Waals surface area contributed by atoms with Crippen molar-refractivity contribution in [1.82, 2.24) is 0 Å². The van der Waals surface area contributed by atoms with Crippen LogP contribution < -0.4 is 9.64 Å². The van der Waals surface area contributed by atoms with Crippen LogP contribution in [0.4, 0.5) is 5.69 Å². The highest BCUT2D eigenvalue weighted by Gasteiger charge is 2.32. The van der Waals surface area contributed by atoms with Crippen LogP contribution in [-0.2, 0) is 22.4 Å². The summed E-state index contributed by atoms with van der Waals surface area (Å²) < 4.78 is 19.0. The molecule has 4 nitrogen and oxygen atoms in total. The third-order valence-corrected chi connectivity index (χ3v) is 8.82. The Morgan fingerprint density at radius 1 is 0.925 bits per heavy atom. The molecule has 0 aromatic heterocycles. The lowest BCUT2D eigenvalue weighted by Gasteiger charge is -2.35.